The summed E-state index contributed by atoms with van der Waals surface area (Å²) in [4.78, 5) is 11.9. The van der Waals surface area contributed by atoms with Gasteiger partial charge in [0.25, 0.3) is 0 Å². The van der Waals surface area contributed by atoms with Crippen molar-refractivity contribution in [2.24, 2.45) is 11.3 Å². The molecule has 0 bridgehead atoms. The Bertz CT molecular complexity index is 386. The Morgan fingerprint density at radius 3 is 2.25 bits per heavy atom. The summed E-state index contributed by atoms with van der Waals surface area (Å²) in [6.45, 7) is 10.0. The highest BCUT2D eigenvalue weighted by Gasteiger charge is 2.24. The monoisotopic (exact) mass is 242 g/mol. The van der Waals surface area contributed by atoms with Gasteiger partial charge < -0.3 is 0 Å². The van der Waals surface area contributed by atoms with Crippen molar-refractivity contribution in [1.29, 1.82) is 0 Å². The van der Waals surface area contributed by atoms with E-state index < -0.39 is 0 Å². The third kappa shape index (κ3) is 2.94. The van der Waals surface area contributed by atoms with Gasteiger partial charge in [-0.05, 0) is 24.0 Å². The Hall–Kier alpha value is -0.640. The van der Waals surface area contributed by atoms with Gasteiger partial charge in [0.1, 0.15) is 0 Å². The summed E-state index contributed by atoms with van der Waals surface area (Å²) in [7, 11) is 0. The van der Waals surface area contributed by atoms with Crippen molar-refractivity contribution >= 4 is 12.6 Å². The van der Waals surface area contributed by atoms with Crippen molar-refractivity contribution < 1.29 is 0 Å². The summed E-state index contributed by atoms with van der Waals surface area (Å²) >= 11 is 4.38. The van der Waals surface area contributed by atoms with Crippen LogP contribution in [0.4, 0.5) is 0 Å². The number of hydrogen-bond acceptors (Lipinski definition) is 2. The zero-order valence-corrected chi connectivity index (χ0v) is 11.5. The Morgan fingerprint density at radius 1 is 1.31 bits per heavy atom. The molecule has 4 heteroatoms. The topological polar surface area (TPSA) is 26.9 Å². The van der Waals surface area contributed by atoms with E-state index in [0.29, 0.717) is 5.92 Å². The second kappa shape index (κ2) is 5.13. The van der Waals surface area contributed by atoms with E-state index in [4.69, 9.17) is 0 Å². The highest BCUT2D eigenvalue weighted by molar-refractivity contribution is 7.80. The van der Waals surface area contributed by atoms with E-state index in [2.05, 4.69) is 33.4 Å². The third-order valence-electron chi connectivity index (χ3n) is 3.12. The van der Waals surface area contributed by atoms with Crippen LogP contribution in [0.3, 0.4) is 0 Å². The molecule has 1 atom stereocenters. The number of imidazole rings is 1. The molecule has 16 heavy (non-hydrogen) atoms. The number of nitrogens with zero attached hydrogens (tertiary/aromatic N) is 2. The fraction of sp³-hybridized carbons (Fsp3) is 0.750. The van der Waals surface area contributed by atoms with E-state index in [0.717, 1.165) is 18.8 Å². The quantitative estimate of drug-likeness (QED) is 0.806. The molecule has 0 aliphatic carbocycles. The minimum absolute atomic E-state index is 0.0820. The molecule has 1 aromatic rings. The van der Waals surface area contributed by atoms with Crippen LogP contribution in [0.2, 0.25) is 0 Å². The number of aryl methyl sites for hydroxylation is 1. The van der Waals surface area contributed by atoms with Crippen molar-refractivity contribution in [3.05, 3.63) is 22.9 Å². The summed E-state index contributed by atoms with van der Waals surface area (Å²) in [5.74, 6) is 1.20. The molecule has 0 saturated heterocycles. The minimum Gasteiger partial charge on any atom is -0.300 e. The van der Waals surface area contributed by atoms with Gasteiger partial charge in [0.15, 0.2) is 0 Å². The average Bonchev–Trinajstić information content (AvgIpc) is 2.54. The molecule has 0 N–H and O–H groups in total. The SMILES string of the molecule is CCn1ccn(CC(CS)C(C)(C)C)c1=O. The second-order valence-corrected chi connectivity index (χ2v) is 5.63. The smallest absolute Gasteiger partial charge is 0.300 e. The maximum Gasteiger partial charge on any atom is 0.328 e. The van der Waals surface area contributed by atoms with Gasteiger partial charge in [0, 0.05) is 25.5 Å². The van der Waals surface area contributed by atoms with Gasteiger partial charge in [-0.2, -0.15) is 12.6 Å². The minimum atomic E-state index is 0.0820. The van der Waals surface area contributed by atoms with E-state index in [-0.39, 0.29) is 11.1 Å². The molecule has 0 fully saturated rings. The second-order valence-electron chi connectivity index (χ2n) is 5.26. The fourth-order valence-electron chi connectivity index (χ4n) is 1.68. The fourth-order valence-corrected chi connectivity index (χ4v) is 2.34. The van der Waals surface area contributed by atoms with E-state index in [9.17, 15) is 4.79 Å². The van der Waals surface area contributed by atoms with Crippen molar-refractivity contribution in [3.8, 4) is 0 Å². The van der Waals surface area contributed by atoms with Crippen molar-refractivity contribution in [3.63, 3.8) is 0 Å². The van der Waals surface area contributed by atoms with Gasteiger partial charge in [-0.15, -0.1) is 0 Å². The first-order chi connectivity index (χ1) is 7.40. The molecule has 1 unspecified atom stereocenters. The molecule has 0 saturated carbocycles. The molecular formula is C12H22N2OS. The number of aromatic nitrogens is 2. The number of rotatable bonds is 4. The van der Waals surface area contributed by atoms with Crippen LogP contribution in [0.1, 0.15) is 27.7 Å². The van der Waals surface area contributed by atoms with E-state index in [1.54, 1.807) is 9.13 Å². The lowest BCUT2D eigenvalue weighted by molar-refractivity contribution is 0.236. The lowest BCUT2D eigenvalue weighted by atomic mass is 9.82. The van der Waals surface area contributed by atoms with E-state index >= 15 is 0 Å². The molecular weight excluding hydrogens is 220 g/mol. The predicted molar refractivity (Wildman–Crippen MR) is 71.2 cm³/mol. The van der Waals surface area contributed by atoms with Crippen LogP contribution in [-0.2, 0) is 13.1 Å². The highest BCUT2D eigenvalue weighted by Crippen LogP contribution is 2.27. The van der Waals surface area contributed by atoms with Crippen LogP contribution in [0.15, 0.2) is 17.2 Å². The predicted octanol–water partition coefficient (Wildman–Crippen LogP) is 2.26. The molecule has 1 heterocycles. The number of thiol groups is 1. The molecule has 0 spiro atoms. The first-order valence-corrected chi connectivity index (χ1v) is 6.39. The zero-order chi connectivity index (χ0) is 12.3. The molecule has 0 aromatic carbocycles. The Balaban J connectivity index is 2.87. The maximum absolute atomic E-state index is 11.9. The van der Waals surface area contributed by atoms with Gasteiger partial charge in [0.2, 0.25) is 0 Å². The lowest BCUT2D eigenvalue weighted by Gasteiger charge is -2.29. The third-order valence-corrected chi connectivity index (χ3v) is 3.56. The largest absolute Gasteiger partial charge is 0.328 e. The van der Waals surface area contributed by atoms with Crippen molar-refractivity contribution in [2.75, 3.05) is 5.75 Å². The van der Waals surface area contributed by atoms with Gasteiger partial charge in [-0.1, -0.05) is 20.8 Å². The van der Waals surface area contributed by atoms with Crippen LogP contribution in [0.25, 0.3) is 0 Å². The Kier molecular flexibility index (Phi) is 4.30. The first kappa shape index (κ1) is 13.4. The summed E-state index contributed by atoms with van der Waals surface area (Å²) in [6.07, 6.45) is 3.72. The molecule has 0 aliphatic rings. The van der Waals surface area contributed by atoms with Crippen molar-refractivity contribution in [1.82, 2.24) is 9.13 Å². The van der Waals surface area contributed by atoms with Crippen LogP contribution in [-0.4, -0.2) is 14.9 Å². The summed E-state index contributed by atoms with van der Waals surface area (Å²) in [5.41, 5.74) is 0.258. The summed E-state index contributed by atoms with van der Waals surface area (Å²) in [6, 6.07) is 0. The van der Waals surface area contributed by atoms with Crippen LogP contribution in [0.5, 0.6) is 0 Å². The maximum atomic E-state index is 11.9. The molecule has 1 rings (SSSR count). The van der Waals surface area contributed by atoms with E-state index in [1.807, 2.05) is 19.3 Å². The normalized spacial score (nSPS) is 14.1. The highest BCUT2D eigenvalue weighted by atomic mass is 32.1. The zero-order valence-electron chi connectivity index (χ0n) is 10.6. The molecule has 0 aliphatic heterocycles. The Morgan fingerprint density at radius 2 is 1.88 bits per heavy atom. The van der Waals surface area contributed by atoms with Crippen molar-refractivity contribution in [2.45, 2.75) is 40.8 Å². The van der Waals surface area contributed by atoms with Crippen LogP contribution in [0, 0.1) is 11.3 Å². The number of hydrogen-bond donors (Lipinski definition) is 1. The standard InChI is InChI=1S/C12H22N2OS/c1-5-13-6-7-14(11(13)15)8-10(9-16)12(2,3)4/h6-7,10,16H,5,8-9H2,1-4H3. The summed E-state index contributed by atoms with van der Waals surface area (Å²) < 4.78 is 3.51. The molecule has 3 nitrogen and oxygen atoms in total. The average molecular weight is 242 g/mol. The van der Waals surface area contributed by atoms with Crippen LogP contribution >= 0.6 is 12.6 Å². The van der Waals surface area contributed by atoms with E-state index in [1.165, 1.54) is 0 Å². The molecule has 1 aromatic heterocycles. The molecule has 0 radical (unpaired) electrons. The van der Waals surface area contributed by atoms with Gasteiger partial charge >= 0.3 is 5.69 Å². The van der Waals surface area contributed by atoms with Gasteiger partial charge in [-0.25, -0.2) is 4.79 Å². The molecule has 92 valence electrons. The van der Waals surface area contributed by atoms with Crippen LogP contribution < -0.4 is 5.69 Å². The van der Waals surface area contributed by atoms with Gasteiger partial charge in [-0.3, -0.25) is 9.13 Å². The summed E-state index contributed by atoms with van der Waals surface area (Å²) in [5, 5.41) is 0. The van der Waals surface area contributed by atoms with Gasteiger partial charge in [0.05, 0.1) is 0 Å². The lowest BCUT2D eigenvalue weighted by Crippen LogP contribution is -2.32. The Labute approximate surface area is 103 Å². The first-order valence-electron chi connectivity index (χ1n) is 5.76. The molecule has 0 amide bonds.